The standard InChI is InChI=1S/C14H20N4O3/c1-8(2)12-16-17(7-11(19)20)13(21)9-6-10(14(3,4)5)15-18(9)12/h6,8H,7H2,1-5H3,(H,19,20). The molecule has 114 valence electrons. The van der Waals surface area contributed by atoms with Crippen LogP contribution in [0.25, 0.3) is 5.52 Å². The van der Waals surface area contributed by atoms with Crippen LogP contribution in [0.5, 0.6) is 0 Å². The van der Waals surface area contributed by atoms with E-state index in [0.29, 0.717) is 11.3 Å². The Morgan fingerprint density at radius 3 is 2.43 bits per heavy atom. The summed E-state index contributed by atoms with van der Waals surface area (Å²) in [5.74, 6) is -0.513. The van der Waals surface area contributed by atoms with E-state index in [2.05, 4.69) is 10.2 Å². The lowest BCUT2D eigenvalue weighted by Gasteiger charge is -2.14. The topological polar surface area (TPSA) is 89.5 Å². The minimum atomic E-state index is -1.10. The summed E-state index contributed by atoms with van der Waals surface area (Å²) >= 11 is 0. The van der Waals surface area contributed by atoms with E-state index in [1.165, 1.54) is 4.52 Å². The van der Waals surface area contributed by atoms with Gasteiger partial charge in [0.15, 0.2) is 5.82 Å². The molecule has 0 atom stereocenters. The molecule has 7 nitrogen and oxygen atoms in total. The molecule has 2 heterocycles. The maximum Gasteiger partial charge on any atom is 0.325 e. The Morgan fingerprint density at radius 1 is 1.33 bits per heavy atom. The Hall–Kier alpha value is -2.18. The molecule has 7 heteroatoms. The molecule has 0 aliphatic heterocycles. The van der Waals surface area contributed by atoms with Gasteiger partial charge in [-0.1, -0.05) is 34.6 Å². The number of carboxylic acids is 1. The molecule has 0 radical (unpaired) electrons. The van der Waals surface area contributed by atoms with E-state index in [1.807, 2.05) is 34.6 Å². The van der Waals surface area contributed by atoms with E-state index < -0.39 is 18.1 Å². The van der Waals surface area contributed by atoms with E-state index in [0.717, 1.165) is 10.4 Å². The molecule has 2 aromatic rings. The van der Waals surface area contributed by atoms with Crippen LogP contribution in [-0.2, 0) is 16.8 Å². The predicted molar refractivity (Wildman–Crippen MR) is 77.7 cm³/mol. The van der Waals surface area contributed by atoms with Crippen LogP contribution in [-0.4, -0.2) is 30.5 Å². The van der Waals surface area contributed by atoms with Crippen molar-refractivity contribution >= 4 is 11.5 Å². The van der Waals surface area contributed by atoms with Gasteiger partial charge in [0.1, 0.15) is 12.1 Å². The fourth-order valence-corrected chi connectivity index (χ4v) is 2.01. The molecular weight excluding hydrogens is 272 g/mol. The first-order valence-corrected chi connectivity index (χ1v) is 6.84. The Kier molecular flexibility index (Phi) is 3.61. The zero-order chi connectivity index (χ0) is 15.9. The van der Waals surface area contributed by atoms with Gasteiger partial charge in [-0.25, -0.2) is 9.20 Å². The lowest BCUT2D eigenvalue weighted by atomic mass is 9.92. The van der Waals surface area contributed by atoms with Crippen molar-refractivity contribution in [1.82, 2.24) is 19.4 Å². The third-order valence-corrected chi connectivity index (χ3v) is 3.17. The summed E-state index contributed by atoms with van der Waals surface area (Å²) in [6, 6.07) is 1.72. The molecule has 0 aliphatic carbocycles. The molecule has 1 N–H and O–H groups in total. The monoisotopic (exact) mass is 292 g/mol. The largest absolute Gasteiger partial charge is 0.480 e. The first-order chi connectivity index (χ1) is 9.61. The minimum Gasteiger partial charge on any atom is -0.480 e. The van der Waals surface area contributed by atoms with Gasteiger partial charge < -0.3 is 5.11 Å². The van der Waals surface area contributed by atoms with E-state index in [9.17, 15) is 9.59 Å². The van der Waals surface area contributed by atoms with Gasteiger partial charge >= 0.3 is 5.97 Å². The number of hydrogen-bond acceptors (Lipinski definition) is 4. The van der Waals surface area contributed by atoms with Gasteiger partial charge in [0.2, 0.25) is 0 Å². The van der Waals surface area contributed by atoms with E-state index >= 15 is 0 Å². The molecule has 0 aliphatic rings. The number of aliphatic carboxylic acids is 1. The van der Waals surface area contributed by atoms with Crippen molar-refractivity contribution in [2.75, 3.05) is 0 Å². The van der Waals surface area contributed by atoms with Crippen molar-refractivity contribution in [2.24, 2.45) is 0 Å². The SMILES string of the molecule is CC(C)c1nn(CC(=O)O)c(=O)c2cc(C(C)(C)C)nn12. The van der Waals surface area contributed by atoms with E-state index in [1.54, 1.807) is 6.07 Å². The highest BCUT2D eigenvalue weighted by Crippen LogP contribution is 2.22. The second-order valence-electron chi connectivity index (χ2n) is 6.45. The smallest absolute Gasteiger partial charge is 0.325 e. The zero-order valence-corrected chi connectivity index (χ0v) is 12.9. The lowest BCUT2D eigenvalue weighted by Crippen LogP contribution is -2.30. The summed E-state index contributed by atoms with van der Waals surface area (Å²) in [5, 5.41) is 17.5. The average Bonchev–Trinajstić information content (AvgIpc) is 2.76. The lowest BCUT2D eigenvalue weighted by molar-refractivity contribution is -0.138. The van der Waals surface area contributed by atoms with Gasteiger partial charge in [-0.3, -0.25) is 9.59 Å². The molecule has 0 saturated heterocycles. The second-order valence-corrected chi connectivity index (χ2v) is 6.45. The number of carbonyl (C=O) groups is 1. The Bertz CT molecular complexity index is 750. The molecular formula is C14H20N4O3. The molecule has 2 aromatic heterocycles. The highest BCUT2D eigenvalue weighted by Gasteiger charge is 2.22. The third kappa shape index (κ3) is 2.81. The van der Waals surface area contributed by atoms with Crippen LogP contribution in [0.15, 0.2) is 10.9 Å². The Balaban J connectivity index is 2.80. The average molecular weight is 292 g/mol. The van der Waals surface area contributed by atoms with Crippen molar-refractivity contribution in [2.45, 2.75) is 52.5 Å². The Morgan fingerprint density at radius 2 is 1.95 bits per heavy atom. The quantitative estimate of drug-likeness (QED) is 0.923. The summed E-state index contributed by atoms with van der Waals surface area (Å²) in [6.07, 6.45) is 0. The van der Waals surface area contributed by atoms with Crippen LogP contribution < -0.4 is 5.56 Å². The molecule has 0 unspecified atom stereocenters. The summed E-state index contributed by atoms with van der Waals surface area (Å²) in [5.41, 5.74) is 0.491. The molecule has 0 bridgehead atoms. The van der Waals surface area contributed by atoms with Crippen molar-refractivity contribution in [3.63, 3.8) is 0 Å². The van der Waals surface area contributed by atoms with Crippen LogP contribution in [0, 0.1) is 0 Å². The summed E-state index contributed by atoms with van der Waals surface area (Å²) < 4.78 is 2.52. The maximum absolute atomic E-state index is 12.4. The number of hydrogen-bond donors (Lipinski definition) is 1. The normalized spacial score (nSPS) is 12.3. The number of nitrogens with zero attached hydrogens (tertiary/aromatic N) is 4. The highest BCUT2D eigenvalue weighted by atomic mass is 16.4. The van der Waals surface area contributed by atoms with Gasteiger partial charge in [-0.2, -0.15) is 10.2 Å². The predicted octanol–water partition coefficient (Wildman–Crippen LogP) is 1.40. The van der Waals surface area contributed by atoms with E-state index in [-0.39, 0.29) is 11.3 Å². The fraction of sp³-hybridized carbons (Fsp3) is 0.571. The van der Waals surface area contributed by atoms with Crippen molar-refractivity contribution in [3.05, 3.63) is 27.9 Å². The highest BCUT2D eigenvalue weighted by molar-refractivity contribution is 5.66. The summed E-state index contributed by atoms with van der Waals surface area (Å²) in [4.78, 5) is 23.2. The minimum absolute atomic E-state index is 0.0147. The third-order valence-electron chi connectivity index (χ3n) is 3.17. The van der Waals surface area contributed by atoms with Gasteiger partial charge in [0, 0.05) is 11.3 Å². The molecule has 0 fully saturated rings. The van der Waals surface area contributed by atoms with Gasteiger partial charge in [0.25, 0.3) is 5.56 Å². The summed E-state index contributed by atoms with van der Waals surface area (Å²) in [6.45, 7) is 9.42. The van der Waals surface area contributed by atoms with Crippen LogP contribution in [0.4, 0.5) is 0 Å². The first kappa shape index (κ1) is 15.2. The van der Waals surface area contributed by atoms with Crippen LogP contribution in [0.1, 0.15) is 52.1 Å². The fourth-order valence-electron chi connectivity index (χ4n) is 2.01. The van der Waals surface area contributed by atoms with Gasteiger partial charge in [-0.15, -0.1) is 0 Å². The molecule has 0 aromatic carbocycles. The Labute approximate surface area is 122 Å². The van der Waals surface area contributed by atoms with Crippen LogP contribution >= 0.6 is 0 Å². The van der Waals surface area contributed by atoms with Crippen molar-refractivity contribution in [3.8, 4) is 0 Å². The van der Waals surface area contributed by atoms with E-state index in [4.69, 9.17) is 5.11 Å². The number of rotatable bonds is 3. The number of fused-ring (bicyclic) bond motifs is 1. The number of aromatic nitrogens is 4. The van der Waals surface area contributed by atoms with Crippen molar-refractivity contribution in [1.29, 1.82) is 0 Å². The van der Waals surface area contributed by atoms with Gasteiger partial charge in [-0.05, 0) is 6.07 Å². The van der Waals surface area contributed by atoms with Gasteiger partial charge in [0.05, 0.1) is 5.69 Å². The maximum atomic E-state index is 12.4. The number of carboxylic acid groups (broad SMARTS) is 1. The summed E-state index contributed by atoms with van der Waals surface area (Å²) in [7, 11) is 0. The van der Waals surface area contributed by atoms with Crippen LogP contribution in [0.2, 0.25) is 0 Å². The molecule has 21 heavy (non-hydrogen) atoms. The zero-order valence-electron chi connectivity index (χ0n) is 12.9. The molecule has 0 amide bonds. The molecule has 0 saturated carbocycles. The molecule has 2 rings (SSSR count). The molecule has 0 spiro atoms. The second kappa shape index (κ2) is 4.98. The van der Waals surface area contributed by atoms with Crippen LogP contribution in [0.3, 0.4) is 0 Å². The van der Waals surface area contributed by atoms with Crippen molar-refractivity contribution < 1.29 is 9.90 Å². The first-order valence-electron chi connectivity index (χ1n) is 6.84.